The van der Waals surface area contributed by atoms with E-state index in [9.17, 15) is 17.6 Å². The van der Waals surface area contributed by atoms with Gasteiger partial charge < -0.3 is 14.8 Å². The number of benzene rings is 2. The van der Waals surface area contributed by atoms with Crippen molar-refractivity contribution in [1.82, 2.24) is 10.3 Å². The van der Waals surface area contributed by atoms with E-state index in [4.69, 9.17) is 4.74 Å². The van der Waals surface area contributed by atoms with E-state index in [2.05, 4.69) is 15.0 Å². The maximum Gasteiger partial charge on any atom is 0.387 e. The van der Waals surface area contributed by atoms with Crippen molar-refractivity contribution >= 4 is 10.8 Å². The van der Waals surface area contributed by atoms with Crippen LogP contribution >= 0.6 is 0 Å². The summed E-state index contributed by atoms with van der Waals surface area (Å²) in [7, 11) is 0. The molecular formula is C21H18F4N2O2. The molecule has 0 saturated heterocycles. The van der Waals surface area contributed by atoms with Crippen LogP contribution in [-0.4, -0.2) is 23.7 Å². The highest BCUT2D eigenvalue weighted by Gasteiger charge is 2.33. The summed E-state index contributed by atoms with van der Waals surface area (Å²) in [6, 6.07) is 8.31. The molecule has 0 spiro atoms. The van der Waals surface area contributed by atoms with E-state index in [-0.39, 0.29) is 23.7 Å². The predicted octanol–water partition coefficient (Wildman–Crippen LogP) is 4.81. The molecular weight excluding hydrogens is 388 g/mol. The van der Waals surface area contributed by atoms with Crippen molar-refractivity contribution < 1.29 is 27.0 Å². The van der Waals surface area contributed by atoms with Gasteiger partial charge in [-0.25, -0.2) is 8.78 Å². The smallest absolute Gasteiger partial charge is 0.387 e. The van der Waals surface area contributed by atoms with Crippen LogP contribution < -0.4 is 14.8 Å². The van der Waals surface area contributed by atoms with Crippen LogP contribution in [0, 0.1) is 11.6 Å². The molecule has 1 heterocycles. The molecule has 8 heteroatoms. The van der Waals surface area contributed by atoms with Gasteiger partial charge in [-0.1, -0.05) is 0 Å². The standard InChI is InChI=1S/C21H18F4N2O2/c22-16-3-1-12-10-26-8-7-14(12)15(16)11-27-18-5-6-19(18)28-13-2-4-17(23)20(9-13)29-21(24)25/h1-4,7-10,18-19,21,27H,5-6,11H2/t18-,19-/m1/s1. The molecule has 0 bridgehead atoms. The van der Waals surface area contributed by atoms with Crippen molar-refractivity contribution in [1.29, 1.82) is 0 Å². The molecule has 0 unspecified atom stereocenters. The number of fused-ring (bicyclic) bond motifs is 1. The highest BCUT2D eigenvalue weighted by molar-refractivity contribution is 5.84. The zero-order valence-corrected chi connectivity index (χ0v) is 15.2. The second-order valence-electron chi connectivity index (χ2n) is 6.81. The van der Waals surface area contributed by atoms with E-state index < -0.39 is 18.2 Å². The third-order valence-corrected chi connectivity index (χ3v) is 5.03. The maximum absolute atomic E-state index is 14.3. The van der Waals surface area contributed by atoms with Gasteiger partial charge in [0.1, 0.15) is 17.7 Å². The second-order valence-corrected chi connectivity index (χ2v) is 6.81. The molecule has 4 rings (SSSR count). The van der Waals surface area contributed by atoms with E-state index in [1.165, 1.54) is 12.1 Å². The SMILES string of the molecule is Fc1ccc(O[C@@H]2CC[C@H]2NCc2c(F)ccc3cnccc23)cc1OC(F)F. The lowest BCUT2D eigenvalue weighted by Crippen LogP contribution is -2.50. The number of alkyl halides is 2. The number of rotatable bonds is 7. The molecule has 1 fully saturated rings. The fourth-order valence-electron chi connectivity index (χ4n) is 3.38. The van der Waals surface area contributed by atoms with Crippen LogP contribution in [0.4, 0.5) is 17.6 Å². The highest BCUT2D eigenvalue weighted by Crippen LogP contribution is 2.31. The Kier molecular flexibility index (Phi) is 5.53. The minimum Gasteiger partial charge on any atom is -0.489 e. The van der Waals surface area contributed by atoms with Gasteiger partial charge in [0.05, 0.1) is 0 Å². The lowest BCUT2D eigenvalue weighted by atomic mass is 9.88. The number of nitrogens with zero attached hydrogens (tertiary/aromatic N) is 1. The third kappa shape index (κ3) is 4.27. The molecule has 1 saturated carbocycles. The number of nitrogens with one attached hydrogen (secondary N) is 1. The summed E-state index contributed by atoms with van der Waals surface area (Å²) in [5, 5.41) is 4.93. The second kappa shape index (κ2) is 8.24. The Morgan fingerprint density at radius 2 is 1.90 bits per heavy atom. The van der Waals surface area contributed by atoms with Crippen LogP contribution in [0.2, 0.25) is 0 Å². The zero-order valence-electron chi connectivity index (χ0n) is 15.2. The molecule has 1 aliphatic carbocycles. The highest BCUT2D eigenvalue weighted by atomic mass is 19.3. The van der Waals surface area contributed by atoms with E-state index in [1.54, 1.807) is 24.5 Å². The molecule has 2 atom stereocenters. The summed E-state index contributed by atoms with van der Waals surface area (Å²) in [6.45, 7) is -2.82. The molecule has 0 radical (unpaired) electrons. The van der Waals surface area contributed by atoms with E-state index in [0.717, 1.165) is 35.7 Å². The number of aromatic nitrogens is 1. The maximum atomic E-state index is 14.3. The average Bonchev–Trinajstić information content (AvgIpc) is 2.69. The quantitative estimate of drug-likeness (QED) is 0.572. The number of halogens is 4. The molecule has 0 aliphatic heterocycles. The molecule has 29 heavy (non-hydrogen) atoms. The van der Waals surface area contributed by atoms with Crippen LogP contribution in [0.15, 0.2) is 48.8 Å². The van der Waals surface area contributed by atoms with Gasteiger partial charge in [-0.15, -0.1) is 0 Å². The Labute approximate surface area is 164 Å². The Bertz CT molecular complexity index is 1020. The summed E-state index contributed by atoms with van der Waals surface area (Å²) in [5.74, 6) is -1.52. The first kappa shape index (κ1) is 19.4. The summed E-state index contributed by atoms with van der Waals surface area (Å²) in [4.78, 5) is 4.05. The van der Waals surface area contributed by atoms with Gasteiger partial charge >= 0.3 is 6.61 Å². The first-order valence-electron chi connectivity index (χ1n) is 9.17. The van der Waals surface area contributed by atoms with Crippen molar-refractivity contribution in [3.8, 4) is 11.5 Å². The lowest BCUT2D eigenvalue weighted by Gasteiger charge is -2.37. The lowest BCUT2D eigenvalue weighted by molar-refractivity contribution is -0.0524. The topological polar surface area (TPSA) is 43.4 Å². The van der Waals surface area contributed by atoms with Crippen LogP contribution in [0.1, 0.15) is 18.4 Å². The molecule has 4 nitrogen and oxygen atoms in total. The normalized spacial score (nSPS) is 18.7. The van der Waals surface area contributed by atoms with E-state index in [1.807, 2.05) is 0 Å². The minimum absolute atomic E-state index is 0.0454. The summed E-state index contributed by atoms with van der Waals surface area (Å²) in [6.07, 6.45) is 4.62. The molecule has 3 aromatic rings. The van der Waals surface area contributed by atoms with Gasteiger partial charge in [-0.05, 0) is 48.6 Å². The summed E-state index contributed by atoms with van der Waals surface area (Å²) in [5.41, 5.74) is 0.546. The van der Waals surface area contributed by atoms with Crippen molar-refractivity contribution in [3.05, 3.63) is 66.0 Å². The molecule has 0 amide bonds. The van der Waals surface area contributed by atoms with Crippen LogP contribution in [-0.2, 0) is 6.54 Å². The van der Waals surface area contributed by atoms with Gasteiger partial charge in [0.15, 0.2) is 11.6 Å². The van der Waals surface area contributed by atoms with Crippen molar-refractivity contribution in [2.45, 2.75) is 38.1 Å². The zero-order chi connectivity index (χ0) is 20.4. The fourth-order valence-corrected chi connectivity index (χ4v) is 3.38. The minimum atomic E-state index is -3.12. The fraction of sp³-hybridized carbons (Fsp3) is 0.286. The molecule has 1 N–H and O–H groups in total. The van der Waals surface area contributed by atoms with Crippen LogP contribution in [0.3, 0.4) is 0 Å². The number of pyridine rings is 1. The molecule has 152 valence electrons. The van der Waals surface area contributed by atoms with Gasteiger partial charge in [0, 0.05) is 42.0 Å². The monoisotopic (exact) mass is 406 g/mol. The molecule has 1 aliphatic rings. The largest absolute Gasteiger partial charge is 0.489 e. The predicted molar refractivity (Wildman–Crippen MR) is 99.0 cm³/mol. The van der Waals surface area contributed by atoms with Crippen molar-refractivity contribution in [2.75, 3.05) is 0 Å². The van der Waals surface area contributed by atoms with Crippen molar-refractivity contribution in [3.63, 3.8) is 0 Å². The molecule has 1 aromatic heterocycles. The summed E-state index contributed by atoms with van der Waals surface area (Å²) < 4.78 is 62.5. The number of hydrogen-bond acceptors (Lipinski definition) is 4. The Morgan fingerprint density at radius 1 is 1.07 bits per heavy atom. The van der Waals surface area contributed by atoms with Gasteiger partial charge in [-0.2, -0.15) is 8.78 Å². The average molecular weight is 406 g/mol. The van der Waals surface area contributed by atoms with E-state index >= 15 is 0 Å². The molecule has 2 aromatic carbocycles. The van der Waals surface area contributed by atoms with Crippen LogP contribution in [0.25, 0.3) is 10.8 Å². The van der Waals surface area contributed by atoms with Gasteiger partial charge in [-0.3, -0.25) is 4.98 Å². The first-order chi connectivity index (χ1) is 14.0. The van der Waals surface area contributed by atoms with Crippen LogP contribution in [0.5, 0.6) is 11.5 Å². The Balaban J connectivity index is 1.42. The third-order valence-electron chi connectivity index (χ3n) is 5.03. The number of hydrogen-bond donors (Lipinski definition) is 1. The van der Waals surface area contributed by atoms with Gasteiger partial charge in [0.25, 0.3) is 0 Å². The Morgan fingerprint density at radius 3 is 2.66 bits per heavy atom. The van der Waals surface area contributed by atoms with E-state index in [0.29, 0.717) is 12.1 Å². The van der Waals surface area contributed by atoms with Gasteiger partial charge in [0.2, 0.25) is 0 Å². The Hall–Kier alpha value is -2.87. The first-order valence-corrected chi connectivity index (χ1v) is 9.17. The van der Waals surface area contributed by atoms with Crippen molar-refractivity contribution in [2.24, 2.45) is 0 Å². The number of ether oxygens (including phenoxy) is 2. The summed E-state index contributed by atoms with van der Waals surface area (Å²) >= 11 is 0.